The van der Waals surface area contributed by atoms with Gasteiger partial charge in [-0.25, -0.2) is 10.3 Å². The van der Waals surface area contributed by atoms with E-state index >= 15 is 0 Å². The molecule has 0 aliphatic carbocycles. The molecule has 1 aromatic rings. The Bertz CT molecular complexity index is 452. The summed E-state index contributed by atoms with van der Waals surface area (Å²) in [4.78, 5) is 28.4. The molecule has 2 amide bonds. The summed E-state index contributed by atoms with van der Waals surface area (Å²) in [5, 5.41) is 2.61. The molecule has 1 atom stereocenters. The maximum atomic E-state index is 11.7. The average molecular weight is 278 g/mol. The number of Topliss-reactive ketones (excluding diaryl/α,β-unsaturated/α-hetero) is 1. The number of carbonyl (C=O) groups excluding carboxylic acids is 2. The first kappa shape index (κ1) is 16.2. The second-order valence-corrected chi connectivity index (χ2v) is 5.64. The van der Waals surface area contributed by atoms with Crippen LogP contribution in [0.15, 0.2) is 30.3 Å². The molecular formula is C15H22N2O3. The van der Waals surface area contributed by atoms with Crippen molar-refractivity contribution >= 4 is 11.8 Å². The molecule has 0 heterocycles. The van der Waals surface area contributed by atoms with E-state index in [4.69, 9.17) is 4.84 Å². The zero-order chi connectivity index (χ0) is 15.2. The highest BCUT2D eigenvalue weighted by molar-refractivity contribution is 5.86. The molecule has 0 aromatic heterocycles. The molecule has 110 valence electrons. The molecule has 0 fully saturated rings. The van der Waals surface area contributed by atoms with Gasteiger partial charge in [0.1, 0.15) is 0 Å². The fourth-order valence-corrected chi connectivity index (χ4v) is 1.53. The highest BCUT2D eigenvalue weighted by Crippen LogP contribution is 2.05. The lowest BCUT2D eigenvalue weighted by Gasteiger charge is -2.21. The Labute approximate surface area is 119 Å². The van der Waals surface area contributed by atoms with Gasteiger partial charge in [-0.05, 0) is 39.7 Å². The van der Waals surface area contributed by atoms with Crippen LogP contribution in [-0.2, 0) is 16.1 Å². The fourth-order valence-electron chi connectivity index (χ4n) is 1.53. The van der Waals surface area contributed by atoms with Crippen LogP contribution in [0.5, 0.6) is 0 Å². The van der Waals surface area contributed by atoms with Crippen molar-refractivity contribution in [2.24, 2.45) is 0 Å². The SMILES string of the molecule is CC(=O)C(Cc1ccccc1)NC(=O)NOC(C)(C)C. The van der Waals surface area contributed by atoms with Crippen LogP contribution < -0.4 is 10.8 Å². The number of ketones is 1. The molecule has 5 nitrogen and oxygen atoms in total. The Morgan fingerprint density at radius 1 is 1.20 bits per heavy atom. The maximum Gasteiger partial charge on any atom is 0.339 e. The Morgan fingerprint density at radius 3 is 2.30 bits per heavy atom. The Kier molecular flexibility index (Phi) is 5.70. The van der Waals surface area contributed by atoms with Crippen molar-refractivity contribution in [3.05, 3.63) is 35.9 Å². The van der Waals surface area contributed by atoms with Gasteiger partial charge in [0.25, 0.3) is 0 Å². The highest BCUT2D eigenvalue weighted by Gasteiger charge is 2.19. The minimum absolute atomic E-state index is 0.0974. The number of urea groups is 1. The van der Waals surface area contributed by atoms with Gasteiger partial charge in [0.2, 0.25) is 0 Å². The van der Waals surface area contributed by atoms with E-state index in [-0.39, 0.29) is 5.78 Å². The van der Waals surface area contributed by atoms with Gasteiger partial charge in [0.15, 0.2) is 5.78 Å². The number of hydroxylamine groups is 1. The number of hydrogen-bond donors (Lipinski definition) is 2. The van der Waals surface area contributed by atoms with Gasteiger partial charge >= 0.3 is 6.03 Å². The summed E-state index contributed by atoms with van der Waals surface area (Å²) in [5.74, 6) is -0.0974. The van der Waals surface area contributed by atoms with Gasteiger partial charge in [0.05, 0.1) is 11.6 Å². The first-order chi connectivity index (χ1) is 9.28. The predicted molar refractivity (Wildman–Crippen MR) is 77.1 cm³/mol. The van der Waals surface area contributed by atoms with E-state index in [1.54, 1.807) is 0 Å². The van der Waals surface area contributed by atoms with Crippen molar-refractivity contribution in [1.82, 2.24) is 10.8 Å². The molecule has 0 bridgehead atoms. The lowest BCUT2D eigenvalue weighted by Crippen LogP contribution is -2.48. The van der Waals surface area contributed by atoms with E-state index in [0.717, 1.165) is 5.56 Å². The zero-order valence-electron chi connectivity index (χ0n) is 12.4. The van der Waals surface area contributed by atoms with Crippen LogP contribution >= 0.6 is 0 Å². The fraction of sp³-hybridized carbons (Fsp3) is 0.467. The minimum Gasteiger partial charge on any atom is -0.326 e. The second kappa shape index (κ2) is 7.05. The van der Waals surface area contributed by atoms with E-state index in [9.17, 15) is 9.59 Å². The summed E-state index contributed by atoms with van der Waals surface area (Å²) >= 11 is 0. The molecule has 0 saturated heterocycles. The predicted octanol–water partition coefficient (Wildman–Crippen LogP) is 2.22. The monoisotopic (exact) mass is 278 g/mol. The van der Waals surface area contributed by atoms with E-state index in [1.807, 2.05) is 51.1 Å². The van der Waals surface area contributed by atoms with Crippen LogP contribution in [0.2, 0.25) is 0 Å². The van der Waals surface area contributed by atoms with Gasteiger partial charge < -0.3 is 5.32 Å². The van der Waals surface area contributed by atoms with Crippen LogP contribution in [-0.4, -0.2) is 23.5 Å². The van der Waals surface area contributed by atoms with Crippen LogP contribution in [0.1, 0.15) is 33.3 Å². The molecule has 5 heteroatoms. The van der Waals surface area contributed by atoms with Gasteiger partial charge in [-0.15, -0.1) is 0 Å². The van der Waals surface area contributed by atoms with Crippen LogP contribution in [0, 0.1) is 0 Å². The Balaban J connectivity index is 2.55. The van der Waals surface area contributed by atoms with Crippen molar-refractivity contribution in [2.45, 2.75) is 45.8 Å². The van der Waals surface area contributed by atoms with Gasteiger partial charge in [-0.1, -0.05) is 30.3 Å². The minimum atomic E-state index is -0.569. The average Bonchev–Trinajstić information content (AvgIpc) is 2.36. The molecule has 0 aliphatic heterocycles. The van der Waals surface area contributed by atoms with Crippen molar-refractivity contribution in [2.75, 3.05) is 0 Å². The quantitative estimate of drug-likeness (QED) is 0.811. The van der Waals surface area contributed by atoms with Crippen molar-refractivity contribution in [3.8, 4) is 0 Å². The van der Waals surface area contributed by atoms with E-state index in [0.29, 0.717) is 6.42 Å². The molecule has 20 heavy (non-hydrogen) atoms. The van der Waals surface area contributed by atoms with Crippen molar-refractivity contribution < 1.29 is 14.4 Å². The molecule has 0 radical (unpaired) electrons. The third-order valence-electron chi connectivity index (χ3n) is 2.53. The lowest BCUT2D eigenvalue weighted by atomic mass is 10.0. The number of amides is 2. The summed E-state index contributed by atoms with van der Waals surface area (Å²) in [6.07, 6.45) is 0.457. The highest BCUT2D eigenvalue weighted by atomic mass is 16.7. The summed E-state index contributed by atoms with van der Waals surface area (Å²) in [6, 6.07) is 8.45. The molecular weight excluding hydrogens is 256 g/mol. The molecule has 1 rings (SSSR count). The van der Waals surface area contributed by atoms with E-state index in [2.05, 4.69) is 10.8 Å². The smallest absolute Gasteiger partial charge is 0.326 e. The van der Waals surface area contributed by atoms with Crippen LogP contribution in [0.25, 0.3) is 0 Å². The van der Waals surface area contributed by atoms with Crippen molar-refractivity contribution in [3.63, 3.8) is 0 Å². The standard InChI is InChI=1S/C15H22N2O3/c1-11(18)13(10-12-8-6-5-7-9-12)16-14(19)17-20-15(2,3)4/h5-9,13H,10H2,1-4H3,(H2,16,17,19). The number of nitrogens with one attached hydrogen (secondary N) is 2. The molecule has 1 aromatic carbocycles. The maximum absolute atomic E-state index is 11.7. The molecule has 1 unspecified atom stereocenters. The van der Waals surface area contributed by atoms with Crippen molar-refractivity contribution in [1.29, 1.82) is 0 Å². The molecule has 0 saturated carbocycles. The molecule has 0 aliphatic rings. The summed E-state index contributed by atoms with van der Waals surface area (Å²) in [6.45, 7) is 6.91. The van der Waals surface area contributed by atoms with Crippen LogP contribution in [0.3, 0.4) is 0 Å². The lowest BCUT2D eigenvalue weighted by molar-refractivity contribution is -0.118. The Morgan fingerprint density at radius 2 is 1.80 bits per heavy atom. The first-order valence-electron chi connectivity index (χ1n) is 6.57. The van der Waals surface area contributed by atoms with Crippen LogP contribution in [0.4, 0.5) is 4.79 Å². The van der Waals surface area contributed by atoms with E-state index in [1.165, 1.54) is 6.92 Å². The first-order valence-corrected chi connectivity index (χ1v) is 6.57. The molecule has 0 spiro atoms. The summed E-state index contributed by atoms with van der Waals surface area (Å²) < 4.78 is 0. The third kappa shape index (κ3) is 6.33. The number of carbonyl (C=O) groups is 2. The summed E-state index contributed by atoms with van der Waals surface area (Å²) in [5.41, 5.74) is 2.80. The number of rotatable bonds is 5. The van der Waals surface area contributed by atoms with Gasteiger partial charge in [-0.2, -0.15) is 0 Å². The number of hydrogen-bond acceptors (Lipinski definition) is 3. The molecule has 2 N–H and O–H groups in total. The zero-order valence-corrected chi connectivity index (χ0v) is 12.4. The second-order valence-electron chi connectivity index (χ2n) is 5.64. The summed E-state index contributed by atoms with van der Waals surface area (Å²) in [7, 11) is 0. The number of benzene rings is 1. The Hall–Kier alpha value is -1.88. The van der Waals surface area contributed by atoms with Gasteiger partial charge in [0, 0.05) is 0 Å². The normalized spacial score (nSPS) is 12.6. The third-order valence-corrected chi connectivity index (χ3v) is 2.53. The topological polar surface area (TPSA) is 67.4 Å². The van der Waals surface area contributed by atoms with Gasteiger partial charge in [-0.3, -0.25) is 9.63 Å². The largest absolute Gasteiger partial charge is 0.339 e. The van der Waals surface area contributed by atoms with E-state index < -0.39 is 17.7 Å².